The zero-order valence-corrected chi connectivity index (χ0v) is 15.5. The van der Waals surface area contributed by atoms with Crippen LogP contribution >= 0.6 is 11.3 Å². The van der Waals surface area contributed by atoms with Crippen LogP contribution in [0.1, 0.15) is 23.5 Å². The number of hydrogen-bond donors (Lipinski definition) is 1. The Morgan fingerprint density at radius 1 is 1.04 bits per heavy atom. The molecule has 0 fully saturated rings. The van der Waals surface area contributed by atoms with Crippen molar-refractivity contribution in [2.45, 2.75) is 13.8 Å². The van der Waals surface area contributed by atoms with Gasteiger partial charge in [0.05, 0.1) is 24.4 Å². The maximum Gasteiger partial charge on any atom is 0.268 e. The number of amides is 1. The molecule has 0 saturated heterocycles. The normalized spacial score (nSPS) is 10.4. The van der Waals surface area contributed by atoms with Crippen LogP contribution in [0.4, 0.5) is 5.69 Å². The van der Waals surface area contributed by atoms with Gasteiger partial charge in [0.15, 0.2) is 11.5 Å². The monoisotopic (exact) mass is 368 g/mol. The summed E-state index contributed by atoms with van der Waals surface area (Å²) in [5.74, 6) is 1.08. The molecular weight excluding hydrogens is 348 g/mol. The van der Waals surface area contributed by atoms with Gasteiger partial charge in [-0.3, -0.25) is 4.79 Å². The molecule has 3 rings (SSSR count). The first-order chi connectivity index (χ1) is 12.7. The van der Waals surface area contributed by atoms with Crippen LogP contribution in [-0.4, -0.2) is 24.1 Å². The van der Waals surface area contributed by atoms with Crippen molar-refractivity contribution < 1.29 is 14.3 Å². The number of hydrogen-bond acceptors (Lipinski definition) is 5. The quantitative estimate of drug-likeness (QED) is 0.647. The number of nitrogens with one attached hydrogen (secondary N) is 1. The van der Waals surface area contributed by atoms with E-state index in [2.05, 4.69) is 10.3 Å². The summed E-state index contributed by atoms with van der Waals surface area (Å²) >= 11 is 1.32. The number of carbonyl (C=O) groups is 1. The van der Waals surface area contributed by atoms with Gasteiger partial charge in [0.25, 0.3) is 5.91 Å². The topological polar surface area (TPSA) is 60.5 Å². The first-order valence-electron chi connectivity index (χ1n) is 8.42. The molecule has 0 aliphatic carbocycles. The van der Waals surface area contributed by atoms with Gasteiger partial charge in [-0.25, -0.2) is 4.98 Å². The largest absolute Gasteiger partial charge is 0.490 e. The van der Waals surface area contributed by atoms with Gasteiger partial charge in [-0.05, 0) is 26.0 Å². The number of nitrogens with zero attached hydrogens (tertiary/aromatic N) is 1. The van der Waals surface area contributed by atoms with E-state index in [-0.39, 0.29) is 5.91 Å². The van der Waals surface area contributed by atoms with Crippen molar-refractivity contribution in [1.82, 2.24) is 4.98 Å². The molecule has 5 nitrogen and oxygen atoms in total. The number of rotatable bonds is 7. The van der Waals surface area contributed by atoms with E-state index in [4.69, 9.17) is 9.47 Å². The van der Waals surface area contributed by atoms with Gasteiger partial charge >= 0.3 is 0 Å². The molecule has 6 heteroatoms. The highest BCUT2D eigenvalue weighted by Gasteiger charge is 2.17. The molecule has 0 aliphatic rings. The first-order valence-corrected chi connectivity index (χ1v) is 9.30. The molecule has 3 aromatic rings. The average Bonchev–Trinajstić information content (AvgIpc) is 3.15. The molecule has 1 heterocycles. The van der Waals surface area contributed by atoms with Crippen LogP contribution in [0.5, 0.6) is 11.5 Å². The summed E-state index contributed by atoms with van der Waals surface area (Å²) < 4.78 is 11.2. The number of anilines is 1. The van der Waals surface area contributed by atoms with E-state index in [1.54, 1.807) is 23.7 Å². The Labute approximate surface area is 156 Å². The molecule has 0 saturated carbocycles. The molecule has 0 unspecified atom stereocenters. The van der Waals surface area contributed by atoms with Crippen LogP contribution in [0.25, 0.3) is 11.3 Å². The van der Waals surface area contributed by atoms with Crippen LogP contribution in [0.15, 0.2) is 54.0 Å². The molecule has 0 atom stereocenters. The molecule has 0 spiro atoms. The molecule has 2 aromatic carbocycles. The predicted molar refractivity (Wildman–Crippen MR) is 104 cm³/mol. The second-order valence-corrected chi connectivity index (χ2v) is 6.23. The first kappa shape index (κ1) is 17.9. The molecule has 26 heavy (non-hydrogen) atoms. The van der Waals surface area contributed by atoms with Crippen molar-refractivity contribution in [3.63, 3.8) is 0 Å². The highest BCUT2D eigenvalue weighted by Crippen LogP contribution is 2.32. The lowest BCUT2D eigenvalue weighted by Gasteiger charge is -2.13. The Morgan fingerprint density at radius 2 is 1.77 bits per heavy atom. The van der Waals surface area contributed by atoms with Crippen LogP contribution in [-0.2, 0) is 0 Å². The van der Waals surface area contributed by atoms with Crippen molar-refractivity contribution >= 4 is 22.9 Å². The van der Waals surface area contributed by atoms with E-state index in [0.29, 0.717) is 41.0 Å². The standard InChI is InChI=1S/C20H20N2O3S/c1-3-24-16-11-10-15(12-17(16)25-4-2)22-20(23)19-18(21-13-26-19)14-8-6-5-7-9-14/h5-13H,3-4H2,1-2H3,(H,22,23). The van der Waals surface area contributed by atoms with Crippen LogP contribution in [0.2, 0.25) is 0 Å². The van der Waals surface area contributed by atoms with Gasteiger partial charge in [0.2, 0.25) is 0 Å². The van der Waals surface area contributed by atoms with Crippen molar-refractivity contribution in [3.05, 3.63) is 58.9 Å². The second-order valence-electron chi connectivity index (χ2n) is 5.38. The van der Waals surface area contributed by atoms with E-state index < -0.39 is 0 Å². The van der Waals surface area contributed by atoms with E-state index in [1.807, 2.05) is 44.2 Å². The lowest BCUT2D eigenvalue weighted by molar-refractivity contribution is 0.103. The van der Waals surface area contributed by atoms with E-state index in [1.165, 1.54) is 11.3 Å². The molecule has 0 bridgehead atoms. The highest BCUT2D eigenvalue weighted by molar-refractivity contribution is 7.12. The SMILES string of the molecule is CCOc1ccc(NC(=O)c2scnc2-c2ccccc2)cc1OCC. The molecule has 1 N–H and O–H groups in total. The highest BCUT2D eigenvalue weighted by atomic mass is 32.1. The molecule has 0 aliphatic heterocycles. The lowest BCUT2D eigenvalue weighted by atomic mass is 10.1. The van der Waals surface area contributed by atoms with Gasteiger partial charge in [0.1, 0.15) is 4.88 Å². The number of aromatic nitrogens is 1. The number of ether oxygens (including phenoxy) is 2. The summed E-state index contributed by atoms with van der Waals surface area (Å²) in [4.78, 5) is 17.7. The summed E-state index contributed by atoms with van der Waals surface area (Å²) in [5.41, 5.74) is 3.93. The predicted octanol–water partition coefficient (Wildman–Crippen LogP) is 4.86. The number of thiazole rings is 1. The maximum absolute atomic E-state index is 12.7. The Balaban J connectivity index is 1.83. The summed E-state index contributed by atoms with van der Waals surface area (Å²) in [6.45, 7) is 4.89. The van der Waals surface area contributed by atoms with Crippen LogP contribution in [0, 0.1) is 0 Å². The second kappa shape index (κ2) is 8.49. The van der Waals surface area contributed by atoms with E-state index >= 15 is 0 Å². The molecular formula is C20H20N2O3S. The van der Waals surface area contributed by atoms with E-state index in [9.17, 15) is 4.79 Å². The maximum atomic E-state index is 12.7. The van der Waals surface area contributed by atoms with Crippen molar-refractivity contribution in [2.75, 3.05) is 18.5 Å². The summed E-state index contributed by atoms with van der Waals surface area (Å²) in [6, 6.07) is 15.0. The fourth-order valence-electron chi connectivity index (χ4n) is 2.53. The van der Waals surface area contributed by atoms with Crippen LogP contribution in [0.3, 0.4) is 0 Å². The van der Waals surface area contributed by atoms with Gasteiger partial charge in [-0.1, -0.05) is 30.3 Å². The lowest BCUT2D eigenvalue weighted by Crippen LogP contribution is -2.12. The summed E-state index contributed by atoms with van der Waals surface area (Å²) in [6.07, 6.45) is 0. The van der Waals surface area contributed by atoms with Crippen molar-refractivity contribution in [1.29, 1.82) is 0 Å². The Hall–Kier alpha value is -2.86. The number of carbonyl (C=O) groups excluding carboxylic acids is 1. The fraction of sp³-hybridized carbons (Fsp3) is 0.200. The van der Waals surface area contributed by atoms with Crippen LogP contribution < -0.4 is 14.8 Å². The van der Waals surface area contributed by atoms with Gasteiger partial charge in [-0.15, -0.1) is 11.3 Å². The van der Waals surface area contributed by atoms with Gasteiger partial charge < -0.3 is 14.8 Å². The minimum absolute atomic E-state index is 0.196. The minimum atomic E-state index is -0.196. The van der Waals surface area contributed by atoms with Crippen molar-refractivity contribution in [2.24, 2.45) is 0 Å². The Morgan fingerprint density at radius 3 is 2.50 bits per heavy atom. The molecule has 0 radical (unpaired) electrons. The summed E-state index contributed by atoms with van der Waals surface area (Å²) in [5, 5.41) is 2.92. The fourth-order valence-corrected chi connectivity index (χ4v) is 3.23. The molecule has 1 aromatic heterocycles. The third-order valence-corrected chi connectivity index (χ3v) is 4.45. The smallest absolute Gasteiger partial charge is 0.268 e. The zero-order valence-electron chi connectivity index (χ0n) is 14.7. The summed E-state index contributed by atoms with van der Waals surface area (Å²) in [7, 11) is 0. The zero-order chi connectivity index (χ0) is 18.4. The average molecular weight is 368 g/mol. The Bertz CT molecular complexity index is 878. The van der Waals surface area contributed by atoms with E-state index in [0.717, 1.165) is 5.56 Å². The van der Waals surface area contributed by atoms with Gasteiger partial charge in [-0.2, -0.15) is 0 Å². The van der Waals surface area contributed by atoms with Gasteiger partial charge in [0, 0.05) is 17.3 Å². The molecule has 134 valence electrons. The minimum Gasteiger partial charge on any atom is -0.490 e. The van der Waals surface area contributed by atoms with Crippen molar-refractivity contribution in [3.8, 4) is 22.8 Å². The third kappa shape index (κ3) is 4.03. The third-order valence-electron chi connectivity index (χ3n) is 3.62. The number of benzene rings is 2. The molecule has 1 amide bonds. The Kier molecular flexibility index (Phi) is 5.86.